The van der Waals surface area contributed by atoms with Crippen molar-refractivity contribution in [2.24, 2.45) is 0 Å². The highest BCUT2D eigenvalue weighted by Gasteiger charge is 2.26. The van der Waals surface area contributed by atoms with Gasteiger partial charge in [-0.05, 0) is 24.5 Å². The summed E-state index contributed by atoms with van der Waals surface area (Å²) in [6, 6.07) is 8.29. The average molecular weight is 247 g/mol. The van der Waals surface area contributed by atoms with Crippen molar-refractivity contribution in [2.45, 2.75) is 26.3 Å². The number of morpholine rings is 1. The number of Topliss-reactive ketones (excluding diaryl/α,β-unsaturated/α-hetero) is 1. The lowest BCUT2D eigenvalue weighted by atomic mass is 9.99. The number of ether oxygens (including phenoxy) is 1. The molecule has 1 saturated heterocycles. The largest absolute Gasteiger partial charge is 0.379 e. The molecule has 3 heteroatoms. The van der Waals surface area contributed by atoms with E-state index in [0.29, 0.717) is 0 Å². The first-order valence-corrected chi connectivity index (χ1v) is 6.63. The Hall–Kier alpha value is -1.19. The highest BCUT2D eigenvalue weighted by atomic mass is 16.5. The zero-order valence-corrected chi connectivity index (χ0v) is 11.2. The molecule has 1 aliphatic heterocycles. The molecule has 1 aromatic rings. The van der Waals surface area contributed by atoms with Gasteiger partial charge in [0.1, 0.15) is 0 Å². The van der Waals surface area contributed by atoms with Gasteiger partial charge in [-0.2, -0.15) is 0 Å². The van der Waals surface area contributed by atoms with Gasteiger partial charge in [0, 0.05) is 13.1 Å². The minimum absolute atomic E-state index is 0.111. The van der Waals surface area contributed by atoms with E-state index in [9.17, 15) is 4.79 Å². The van der Waals surface area contributed by atoms with Crippen LogP contribution in [0.25, 0.3) is 0 Å². The van der Waals surface area contributed by atoms with Crippen molar-refractivity contribution in [1.82, 2.24) is 4.90 Å². The van der Waals surface area contributed by atoms with Gasteiger partial charge in [-0.1, -0.05) is 31.2 Å². The standard InChI is InChI=1S/C15H21NO2/c1-3-13-4-6-14(7-5-13)15(12(2)17)16-8-10-18-11-9-16/h4-7,15H,3,8-11H2,1-2H3. The fraction of sp³-hybridized carbons (Fsp3) is 0.533. The van der Waals surface area contributed by atoms with Gasteiger partial charge in [0.05, 0.1) is 19.3 Å². The summed E-state index contributed by atoms with van der Waals surface area (Å²) in [7, 11) is 0. The summed E-state index contributed by atoms with van der Waals surface area (Å²) in [4.78, 5) is 14.1. The number of carbonyl (C=O) groups is 1. The molecular weight excluding hydrogens is 226 g/mol. The molecule has 18 heavy (non-hydrogen) atoms. The van der Waals surface area contributed by atoms with Gasteiger partial charge in [-0.3, -0.25) is 9.69 Å². The molecule has 1 heterocycles. The quantitative estimate of drug-likeness (QED) is 0.817. The van der Waals surface area contributed by atoms with Crippen molar-refractivity contribution in [2.75, 3.05) is 26.3 Å². The van der Waals surface area contributed by atoms with E-state index in [2.05, 4.69) is 36.1 Å². The fourth-order valence-corrected chi connectivity index (χ4v) is 2.47. The Kier molecular flexibility index (Phi) is 4.50. The van der Waals surface area contributed by atoms with E-state index >= 15 is 0 Å². The zero-order valence-electron chi connectivity index (χ0n) is 11.2. The molecule has 1 aliphatic rings. The van der Waals surface area contributed by atoms with E-state index in [4.69, 9.17) is 4.74 Å². The van der Waals surface area contributed by atoms with E-state index in [0.717, 1.165) is 38.3 Å². The Balaban J connectivity index is 2.20. The normalized spacial score (nSPS) is 18.6. The van der Waals surface area contributed by atoms with Crippen molar-refractivity contribution in [3.63, 3.8) is 0 Å². The van der Waals surface area contributed by atoms with Crippen LogP contribution in [0.15, 0.2) is 24.3 Å². The smallest absolute Gasteiger partial charge is 0.151 e. The molecular formula is C15H21NO2. The number of nitrogens with zero attached hydrogens (tertiary/aromatic N) is 1. The highest BCUT2D eigenvalue weighted by molar-refractivity contribution is 5.83. The molecule has 1 atom stereocenters. The van der Waals surface area contributed by atoms with Crippen LogP contribution in [-0.2, 0) is 16.0 Å². The van der Waals surface area contributed by atoms with Gasteiger partial charge in [0.2, 0.25) is 0 Å². The third-order valence-corrected chi connectivity index (χ3v) is 3.50. The van der Waals surface area contributed by atoms with Crippen LogP contribution < -0.4 is 0 Å². The maximum atomic E-state index is 11.9. The van der Waals surface area contributed by atoms with Gasteiger partial charge < -0.3 is 4.74 Å². The Morgan fingerprint density at radius 2 is 1.89 bits per heavy atom. The van der Waals surface area contributed by atoms with Crippen LogP contribution in [0.4, 0.5) is 0 Å². The first-order chi connectivity index (χ1) is 8.72. The molecule has 3 nitrogen and oxygen atoms in total. The Morgan fingerprint density at radius 3 is 2.39 bits per heavy atom. The molecule has 0 saturated carbocycles. The minimum Gasteiger partial charge on any atom is -0.379 e. The summed E-state index contributed by atoms with van der Waals surface area (Å²) < 4.78 is 5.35. The number of benzene rings is 1. The monoisotopic (exact) mass is 247 g/mol. The number of hydrogen-bond donors (Lipinski definition) is 0. The second-order valence-electron chi connectivity index (χ2n) is 4.76. The molecule has 0 aliphatic carbocycles. The van der Waals surface area contributed by atoms with Gasteiger partial charge in [0.25, 0.3) is 0 Å². The van der Waals surface area contributed by atoms with E-state index in [1.54, 1.807) is 6.92 Å². The van der Waals surface area contributed by atoms with Crippen LogP contribution in [0, 0.1) is 0 Å². The van der Waals surface area contributed by atoms with Crippen LogP contribution >= 0.6 is 0 Å². The van der Waals surface area contributed by atoms with Gasteiger partial charge in [0.15, 0.2) is 5.78 Å². The van der Waals surface area contributed by atoms with Crippen LogP contribution in [-0.4, -0.2) is 37.0 Å². The lowest BCUT2D eigenvalue weighted by molar-refractivity contribution is -0.124. The van der Waals surface area contributed by atoms with E-state index in [1.807, 2.05) is 0 Å². The van der Waals surface area contributed by atoms with Crippen molar-refractivity contribution >= 4 is 5.78 Å². The van der Waals surface area contributed by atoms with E-state index in [1.165, 1.54) is 5.56 Å². The average Bonchev–Trinajstić information content (AvgIpc) is 2.40. The molecule has 0 aromatic heterocycles. The second kappa shape index (κ2) is 6.12. The third kappa shape index (κ3) is 2.98. The lowest BCUT2D eigenvalue weighted by Crippen LogP contribution is -2.41. The van der Waals surface area contributed by atoms with Crippen LogP contribution in [0.5, 0.6) is 0 Å². The van der Waals surface area contributed by atoms with E-state index in [-0.39, 0.29) is 11.8 Å². The third-order valence-electron chi connectivity index (χ3n) is 3.50. The summed E-state index contributed by atoms with van der Waals surface area (Å²) in [5, 5.41) is 0. The number of rotatable bonds is 4. The maximum Gasteiger partial charge on any atom is 0.151 e. The number of carbonyl (C=O) groups excluding carboxylic acids is 1. The van der Waals surface area contributed by atoms with Gasteiger partial charge >= 0.3 is 0 Å². The molecule has 1 fully saturated rings. The molecule has 0 amide bonds. The lowest BCUT2D eigenvalue weighted by Gasteiger charge is -2.33. The van der Waals surface area contributed by atoms with Crippen molar-refractivity contribution in [1.29, 1.82) is 0 Å². The van der Waals surface area contributed by atoms with Crippen LogP contribution in [0.1, 0.15) is 31.0 Å². The number of hydrogen-bond acceptors (Lipinski definition) is 3. The Labute approximate surface area is 109 Å². The SMILES string of the molecule is CCc1ccc(C(C(C)=O)N2CCOCC2)cc1. The molecule has 98 valence electrons. The van der Waals surface area contributed by atoms with Crippen molar-refractivity contribution in [3.05, 3.63) is 35.4 Å². The first-order valence-electron chi connectivity index (χ1n) is 6.63. The van der Waals surface area contributed by atoms with Crippen LogP contribution in [0.3, 0.4) is 0 Å². The molecule has 1 unspecified atom stereocenters. The number of aryl methyl sites for hydroxylation is 1. The molecule has 2 rings (SSSR count). The minimum atomic E-state index is -0.111. The zero-order chi connectivity index (χ0) is 13.0. The Morgan fingerprint density at radius 1 is 1.28 bits per heavy atom. The Bertz CT molecular complexity index is 393. The second-order valence-corrected chi connectivity index (χ2v) is 4.76. The topological polar surface area (TPSA) is 29.5 Å². The van der Waals surface area contributed by atoms with Gasteiger partial charge in [-0.25, -0.2) is 0 Å². The summed E-state index contributed by atoms with van der Waals surface area (Å²) in [6.07, 6.45) is 1.03. The summed E-state index contributed by atoms with van der Waals surface area (Å²) in [5.74, 6) is 0.209. The highest BCUT2D eigenvalue weighted by Crippen LogP contribution is 2.23. The van der Waals surface area contributed by atoms with Crippen molar-refractivity contribution in [3.8, 4) is 0 Å². The predicted molar refractivity (Wildman–Crippen MR) is 71.6 cm³/mol. The summed E-state index contributed by atoms with van der Waals surface area (Å²) in [5.41, 5.74) is 2.41. The van der Waals surface area contributed by atoms with Crippen molar-refractivity contribution < 1.29 is 9.53 Å². The van der Waals surface area contributed by atoms with Gasteiger partial charge in [-0.15, -0.1) is 0 Å². The molecule has 0 radical (unpaired) electrons. The first kappa shape index (κ1) is 13.2. The molecule has 0 bridgehead atoms. The fourth-order valence-electron chi connectivity index (χ4n) is 2.47. The number of ketones is 1. The predicted octanol–water partition coefficient (Wildman–Crippen LogP) is 2.21. The van der Waals surface area contributed by atoms with Crippen LogP contribution in [0.2, 0.25) is 0 Å². The molecule has 1 aromatic carbocycles. The molecule has 0 spiro atoms. The maximum absolute atomic E-state index is 11.9. The summed E-state index contributed by atoms with van der Waals surface area (Å²) in [6.45, 7) is 6.92. The summed E-state index contributed by atoms with van der Waals surface area (Å²) >= 11 is 0. The molecule has 0 N–H and O–H groups in total. The van der Waals surface area contributed by atoms with E-state index < -0.39 is 0 Å².